The van der Waals surface area contributed by atoms with Crippen molar-refractivity contribution in [2.75, 3.05) is 32.5 Å². The molecule has 8 heteroatoms. The Morgan fingerprint density at radius 3 is 2.70 bits per heavy atom. The van der Waals surface area contributed by atoms with E-state index >= 15 is 0 Å². The predicted molar refractivity (Wildman–Crippen MR) is 100 cm³/mol. The molecule has 2 aliphatic rings. The summed E-state index contributed by atoms with van der Waals surface area (Å²) in [6.45, 7) is 2.21. The third-order valence-electron chi connectivity index (χ3n) is 5.56. The number of rotatable bonds is 5. The van der Waals surface area contributed by atoms with Gasteiger partial charge in [0, 0.05) is 26.2 Å². The molecule has 6 nitrogen and oxygen atoms in total. The molecule has 2 fully saturated rings. The number of sulfonamides is 1. The molecule has 0 aromatic heterocycles. The number of hydrogen-bond acceptors (Lipinski definition) is 4. The number of likely N-dealkylation sites (tertiary alicyclic amines) is 1. The minimum Gasteiger partial charge on any atom is -0.375 e. The van der Waals surface area contributed by atoms with E-state index in [0.29, 0.717) is 31.8 Å². The predicted octanol–water partition coefficient (Wildman–Crippen LogP) is 1.71. The Balaban J connectivity index is 1.53. The van der Waals surface area contributed by atoms with E-state index in [-0.39, 0.29) is 29.7 Å². The fraction of sp³-hybridized carbons (Fsp3) is 0.632. The molecule has 150 valence electrons. The summed E-state index contributed by atoms with van der Waals surface area (Å²) in [7, 11) is -3.19. The quantitative estimate of drug-likeness (QED) is 0.819. The first-order chi connectivity index (χ1) is 12.8. The van der Waals surface area contributed by atoms with Crippen molar-refractivity contribution >= 4 is 15.9 Å². The molecule has 2 aliphatic heterocycles. The van der Waals surface area contributed by atoms with Gasteiger partial charge in [0.2, 0.25) is 15.9 Å². The van der Waals surface area contributed by atoms with Crippen LogP contribution < -0.4 is 4.72 Å². The van der Waals surface area contributed by atoms with Gasteiger partial charge in [0.15, 0.2) is 0 Å². The summed E-state index contributed by atoms with van der Waals surface area (Å²) in [5, 5.41) is 0. The fourth-order valence-corrected chi connectivity index (χ4v) is 4.54. The van der Waals surface area contributed by atoms with E-state index < -0.39 is 10.0 Å². The first-order valence-corrected chi connectivity index (χ1v) is 11.3. The van der Waals surface area contributed by atoms with Gasteiger partial charge < -0.3 is 9.64 Å². The molecule has 0 aliphatic carbocycles. The van der Waals surface area contributed by atoms with Crippen LogP contribution in [0.2, 0.25) is 0 Å². The SMILES string of the molecule is CS(=O)(=O)NCC1CCOC2(CCN(C(=O)Cc3ccccc3F)CC2)C1. The van der Waals surface area contributed by atoms with Crippen molar-refractivity contribution in [3.63, 3.8) is 0 Å². The van der Waals surface area contributed by atoms with E-state index in [0.717, 1.165) is 25.7 Å². The van der Waals surface area contributed by atoms with Crippen molar-refractivity contribution in [3.05, 3.63) is 35.6 Å². The molecule has 1 aromatic carbocycles. The van der Waals surface area contributed by atoms with Gasteiger partial charge in [-0.3, -0.25) is 4.79 Å². The highest BCUT2D eigenvalue weighted by molar-refractivity contribution is 7.88. The monoisotopic (exact) mass is 398 g/mol. The fourth-order valence-electron chi connectivity index (χ4n) is 4.00. The maximum Gasteiger partial charge on any atom is 0.227 e. The zero-order chi connectivity index (χ0) is 19.5. The second-order valence-corrected chi connectivity index (χ2v) is 9.49. The standard InChI is InChI=1S/C19H27FN2O4S/c1-27(24,25)21-14-15-6-11-26-19(13-15)7-9-22(10-8-19)18(23)12-16-4-2-3-5-17(16)20/h2-5,15,21H,6-14H2,1H3. The van der Waals surface area contributed by atoms with Gasteiger partial charge in [-0.1, -0.05) is 18.2 Å². The lowest BCUT2D eigenvalue weighted by Gasteiger charge is -2.46. The van der Waals surface area contributed by atoms with Crippen LogP contribution in [0.1, 0.15) is 31.2 Å². The highest BCUT2D eigenvalue weighted by Crippen LogP contribution is 2.37. The van der Waals surface area contributed by atoms with Crippen LogP contribution >= 0.6 is 0 Å². The van der Waals surface area contributed by atoms with Gasteiger partial charge >= 0.3 is 0 Å². The Morgan fingerprint density at radius 2 is 2.04 bits per heavy atom. The molecule has 1 amide bonds. The summed E-state index contributed by atoms with van der Waals surface area (Å²) in [5.74, 6) is -0.175. The number of benzene rings is 1. The maximum absolute atomic E-state index is 13.8. The summed E-state index contributed by atoms with van der Waals surface area (Å²) in [5.41, 5.74) is 0.139. The number of carbonyl (C=O) groups is 1. The zero-order valence-corrected chi connectivity index (χ0v) is 16.4. The Labute approximate surface area is 160 Å². The zero-order valence-electron chi connectivity index (χ0n) is 15.6. The number of halogens is 1. The van der Waals surface area contributed by atoms with Crippen LogP contribution in [0.4, 0.5) is 4.39 Å². The van der Waals surface area contributed by atoms with Gasteiger partial charge in [-0.25, -0.2) is 17.5 Å². The number of nitrogens with zero attached hydrogens (tertiary/aromatic N) is 1. The Morgan fingerprint density at radius 1 is 1.33 bits per heavy atom. The second-order valence-electron chi connectivity index (χ2n) is 7.66. The molecule has 0 bridgehead atoms. The van der Waals surface area contributed by atoms with Gasteiger partial charge in [-0.05, 0) is 43.2 Å². The molecule has 0 saturated carbocycles. The largest absolute Gasteiger partial charge is 0.375 e. The number of nitrogens with one attached hydrogen (secondary N) is 1. The van der Waals surface area contributed by atoms with Crippen LogP contribution in [0.15, 0.2) is 24.3 Å². The van der Waals surface area contributed by atoms with Crippen molar-refractivity contribution in [1.82, 2.24) is 9.62 Å². The molecule has 1 unspecified atom stereocenters. The lowest BCUT2D eigenvalue weighted by atomic mass is 9.79. The lowest BCUT2D eigenvalue weighted by molar-refractivity contribution is -0.146. The third kappa shape index (κ3) is 5.49. The summed E-state index contributed by atoms with van der Waals surface area (Å²) in [6.07, 6.45) is 4.32. The van der Waals surface area contributed by atoms with Crippen LogP contribution in [-0.4, -0.2) is 57.3 Å². The number of carbonyl (C=O) groups excluding carboxylic acids is 1. The maximum atomic E-state index is 13.8. The van der Waals surface area contributed by atoms with Crippen molar-refractivity contribution in [2.45, 2.75) is 37.7 Å². The van der Waals surface area contributed by atoms with Crippen LogP contribution in [0.3, 0.4) is 0 Å². The van der Waals surface area contributed by atoms with Gasteiger partial charge in [0.25, 0.3) is 0 Å². The highest BCUT2D eigenvalue weighted by Gasteiger charge is 2.41. The second kappa shape index (κ2) is 8.24. The number of hydrogen-bond donors (Lipinski definition) is 1. The van der Waals surface area contributed by atoms with Crippen molar-refractivity contribution in [2.24, 2.45) is 5.92 Å². The molecule has 3 rings (SSSR count). The first-order valence-electron chi connectivity index (χ1n) is 9.36. The molecule has 1 atom stereocenters. The normalized spacial score (nSPS) is 22.7. The summed E-state index contributed by atoms with van der Waals surface area (Å²) < 4.78 is 45.1. The lowest BCUT2D eigenvalue weighted by Crippen LogP contribution is -2.52. The van der Waals surface area contributed by atoms with Gasteiger partial charge in [0.1, 0.15) is 5.82 Å². The number of amides is 1. The third-order valence-corrected chi connectivity index (χ3v) is 6.25. The Hall–Kier alpha value is -1.51. The topological polar surface area (TPSA) is 75.7 Å². The highest BCUT2D eigenvalue weighted by atomic mass is 32.2. The van der Waals surface area contributed by atoms with Crippen LogP contribution in [-0.2, 0) is 26.0 Å². The van der Waals surface area contributed by atoms with E-state index in [1.165, 1.54) is 12.3 Å². The minimum absolute atomic E-state index is 0.0685. The molecule has 2 heterocycles. The van der Waals surface area contributed by atoms with E-state index in [1.807, 2.05) is 0 Å². The molecule has 1 N–H and O–H groups in total. The van der Waals surface area contributed by atoms with Crippen molar-refractivity contribution in [3.8, 4) is 0 Å². The molecular weight excluding hydrogens is 371 g/mol. The molecular formula is C19H27FN2O4S. The summed E-state index contributed by atoms with van der Waals surface area (Å²) in [4.78, 5) is 14.3. The average molecular weight is 399 g/mol. The van der Waals surface area contributed by atoms with Crippen molar-refractivity contribution in [1.29, 1.82) is 0 Å². The Bertz CT molecular complexity index is 776. The smallest absolute Gasteiger partial charge is 0.227 e. The molecule has 2 saturated heterocycles. The van der Waals surface area contributed by atoms with Gasteiger partial charge in [-0.15, -0.1) is 0 Å². The van der Waals surface area contributed by atoms with Gasteiger partial charge in [0.05, 0.1) is 18.3 Å². The van der Waals surface area contributed by atoms with E-state index in [1.54, 1.807) is 23.1 Å². The molecule has 27 heavy (non-hydrogen) atoms. The van der Waals surface area contributed by atoms with Crippen LogP contribution in [0.5, 0.6) is 0 Å². The van der Waals surface area contributed by atoms with Crippen molar-refractivity contribution < 1.29 is 22.3 Å². The minimum atomic E-state index is -3.19. The van der Waals surface area contributed by atoms with E-state index in [2.05, 4.69) is 4.72 Å². The van der Waals surface area contributed by atoms with Gasteiger partial charge in [-0.2, -0.15) is 0 Å². The molecule has 1 spiro atoms. The molecule has 1 aromatic rings. The van der Waals surface area contributed by atoms with Crippen LogP contribution in [0, 0.1) is 11.7 Å². The summed E-state index contributed by atoms with van der Waals surface area (Å²) in [6, 6.07) is 6.36. The average Bonchev–Trinajstić information content (AvgIpc) is 2.62. The number of ether oxygens (including phenoxy) is 1. The molecule has 0 radical (unpaired) electrons. The Kier molecular flexibility index (Phi) is 6.18. The summed E-state index contributed by atoms with van der Waals surface area (Å²) >= 11 is 0. The first kappa shape index (κ1) is 20.2. The van der Waals surface area contributed by atoms with Crippen LogP contribution in [0.25, 0.3) is 0 Å². The number of piperidine rings is 1. The van der Waals surface area contributed by atoms with E-state index in [9.17, 15) is 17.6 Å². The van der Waals surface area contributed by atoms with E-state index in [4.69, 9.17) is 4.74 Å².